The van der Waals surface area contributed by atoms with Crippen molar-refractivity contribution in [1.29, 1.82) is 0 Å². The van der Waals surface area contributed by atoms with Gasteiger partial charge in [0.1, 0.15) is 5.75 Å². The second-order valence-corrected chi connectivity index (χ2v) is 6.11. The zero-order valence-electron chi connectivity index (χ0n) is 13.5. The average molecular weight is 319 g/mol. The van der Waals surface area contributed by atoms with Gasteiger partial charge < -0.3 is 21.1 Å². The summed E-state index contributed by atoms with van der Waals surface area (Å²) in [6.45, 7) is 0.251. The summed E-state index contributed by atoms with van der Waals surface area (Å²) in [5.41, 5.74) is 6.65. The molecule has 6 heteroatoms. The number of rotatable bonds is 7. The second-order valence-electron chi connectivity index (χ2n) is 6.11. The van der Waals surface area contributed by atoms with Crippen molar-refractivity contribution in [3.63, 3.8) is 0 Å². The number of nitrogens with one attached hydrogen (secondary N) is 1. The van der Waals surface area contributed by atoms with Gasteiger partial charge >= 0.3 is 0 Å². The van der Waals surface area contributed by atoms with Gasteiger partial charge in [-0.15, -0.1) is 0 Å². The fourth-order valence-corrected chi connectivity index (χ4v) is 2.57. The molecule has 4 N–H and O–H groups in total. The van der Waals surface area contributed by atoms with Crippen LogP contribution in [-0.4, -0.2) is 34.9 Å². The molecule has 0 aromatic heterocycles. The molecule has 1 aliphatic carbocycles. The number of benzene rings is 1. The molecule has 126 valence electrons. The number of amides is 2. The number of nitrogens with two attached hydrogens (primary N) is 1. The molecule has 0 spiro atoms. The number of aromatic hydroxyl groups is 1. The Morgan fingerprint density at radius 1 is 1.35 bits per heavy atom. The first kappa shape index (κ1) is 17.1. The molecule has 2 rings (SSSR count). The molecule has 1 fully saturated rings. The third-order valence-electron chi connectivity index (χ3n) is 4.40. The summed E-state index contributed by atoms with van der Waals surface area (Å²) in [5, 5.41) is 12.5. The van der Waals surface area contributed by atoms with Crippen molar-refractivity contribution in [2.45, 2.75) is 51.1 Å². The van der Waals surface area contributed by atoms with Gasteiger partial charge in [-0.2, -0.15) is 0 Å². The van der Waals surface area contributed by atoms with Gasteiger partial charge in [0.05, 0.1) is 0 Å². The number of anilines is 1. The number of hydrogen-bond donors (Lipinski definition) is 3. The van der Waals surface area contributed by atoms with E-state index >= 15 is 0 Å². The Kier molecular flexibility index (Phi) is 5.84. The molecule has 2 amide bonds. The number of phenolic OH excluding ortho intramolecular Hbond substituents is 1. The molecule has 0 saturated heterocycles. The van der Waals surface area contributed by atoms with E-state index in [9.17, 15) is 14.7 Å². The highest BCUT2D eigenvalue weighted by atomic mass is 16.3. The zero-order valence-corrected chi connectivity index (χ0v) is 13.5. The van der Waals surface area contributed by atoms with Gasteiger partial charge in [0.25, 0.3) is 0 Å². The molecule has 1 saturated carbocycles. The maximum absolute atomic E-state index is 12.0. The fourth-order valence-electron chi connectivity index (χ4n) is 2.57. The highest BCUT2D eigenvalue weighted by Crippen LogP contribution is 2.24. The molecule has 0 heterocycles. The van der Waals surface area contributed by atoms with E-state index < -0.39 is 0 Å². The average Bonchev–Trinajstić information content (AvgIpc) is 2.44. The van der Waals surface area contributed by atoms with E-state index in [-0.39, 0.29) is 24.1 Å². The van der Waals surface area contributed by atoms with Crippen molar-refractivity contribution in [1.82, 2.24) is 10.2 Å². The van der Waals surface area contributed by atoms with Crippen molar-refractivity contribution >= 4 is 17.5 Å². The van der Waals surface area contributed by atoms with E-state index in [2.05, 4.69) is 5.32 Å². The van der Waals surface area contributed by atoms with E-state index in [1.165, 1.54) is 12.5 Å². The highest BCUT2D eigenvalue weighted by molar-refractivity contribution is 5.79. The minimum absolute atomic E-state index is 0.0719. The number of carbonyl (C=O) groups excluding carboxylic acids is 2. The molecule has 1 aromatic carbocycles. The fraction of sp³-hybridized carbons (Fsp3) is 0.529. The molecule has 6 nitrogen and oxygen atoms in total. The standard InChI is InChI=1S/C17H25N3O3/c1-20(14-4-2-5-14)17(23)7-3-6-16(22)19-11-12-8-9-13(18)10-15(12)21/h8-10,14,21H,2-7,11,18H2,1H3,(H,19,22). The Balaban J connectivity index is 1.65. The van der Waals surface area contributed by atoms with Gasteiger partial charge in [0.15, 0.2) is 0 Å². The van der Waals surface area contributed by atoms with Crippen LogP contribution in [0.5, 0.6) is 5.75 Å². The quantitative estimate of drug-likeness (QED) is 0.667. The number of nitrogens with zero attached hydrogens (tertiary/aromatic N) is 1. The van der Waals surface area contributed by atoms with Crippen molar-refractivity contribution < 1.29 is 14.7 Å². The minimum atomic E-state index is -0.125. The van der Waals surface area contributed by atoms with Crippen molar-refractivity contribution in [3.05, 3.63) is 23.8 Å². The summed E-state index contributed by atoms with van der Waals surface area (Å²) < 4.78 is 0. The summed E-state index contributed by atoms with van der Waals surface area (Å²) in [6.07, 6.45) is 4.62. The van der Waals surface area contributed by atoms with E-state index in [1.54, 1.807) is 12.1 Å². The maximum Gasteiger partial charge on any atom is 0.222 e. The molecule has 0 unspecified atom stereocenters. The van der Waals surface area contributed by atoms with Crippen LogP contribution in [0.3, 0.4) is 0 Å². The molecule has 1 aliphatic rings. The summed E-state index contributed by atoms with van der Waals surface area (Å²) in [4.78, 5) is 25.6. The van der Waals surface area contributed by atoms with Crippen LogP contribution >= 0.6 is 0 Å². The number of carbonyl (C=O) groups is 2. The summed E-state index contributed by atoms with van der Waals surface area (Å²) >= 11 is 0. The first-order chi connectivity index (χ1) is 11.0. The first-order valence-corrected chi connectivity index (χ1v) is 8.07. The van der Waals surface area contributed by atoms with Gasteiger partial charge in [-0.3, -0.25) is 9.59 Å². The molecule has 0 atom stereocenters. The van der Waals surface area contributed by atoms with Crippen LogP contribution in [0.15, 0.2) is 18.2 Å². The molecule has 0 radical (unpaired) electrons. The Morgan fingerprint density at radius 3 is 2.70 bits per heavy atom. The van der Waals surface area contributed by atoms with E-state index in [0.29, 0.717) is 36.6 Å². The SMILES string of the molecule is CN(C(=O)CCCC(=O)NCc1ccc(N)cc1O)C1CCC1. The monoisotopic (exact) mass is 319 g/mol. The molecular weight excluding hydrogens is 294 g/mol. The Labute approximate surface area is 136 Å². The van der Waals surface area contributed by atoms with Gasteiger partial charge in [0.2, 0.25) is 11.8 Å². The molecule has 0 bridgehead atoms. The van der Waals surface area contributed by atoms with Crippen LogP contribution in [-0.2, 0) is 16.1 Å². The van der Waals surface area contributed by atoms with Gasteiger partial charge in [0, 0.05) is 49.8 Å². The predicted octanol–water partition coefficient (Wildman–Crippen LogP) is 1.77. The van der Waals surface area contributed by atoms with Crippen LogP contribution in [0, 0.1) is 0 Å². The zero-order chi connectivity index (χ0) is 16.8. The smallest absolute Gasteiger partial charge is 0.222 e. The lowest BCUT2D eigenvalue weighted by atomic mass is 9.91. The summed E-state index contributed by atoms with van der Waals surface area (Å²) in [5.74, 6) is 0.0570. The highest BCUT2D eigenvalue weighted by Gasteiger charge is 2.25. The Bertz CT molecular complexity index is 570. The van der Waals surface area contributed by atoms with E-state index in [0.717, 1.165) is 12.8 Å². The normalized spacial score (nSPS) is 14.1. The third kappa shape index (κ3) is 4.87. The van der Waals surface area contributed by atoms with Crippen LogP contribution in [0.4, 0.5) is 5.69 Å². The van der Waals surface area contributed by atoms with Crippen molar-refractivity contribution in [3.8, 4) is 5.75 Å². The molecule has 1 aromatic rings. The summed E-state index contributed by atoms with van der Waals surface area (Å²) in [6, 6.07) is 5.21. The van der Waals surface area contributed by atoms with Crippen LogP contribution < -0.4 is 11.1 Å². The molecule has 23 heavy (non-hydrogen) atoms. The van der Waals surface area contributed by atoms with Gasteiger partial charge in [-0.1, -0.05) is 6.07 Å². The van der Waals surface area contributed by atoms with Crippen molar-refractivity contribution in [2.75, 3.05) is 12.8 Å². The topological polar surface area (TPSA) is 95.7 Å². The number of hydrogen-bond acceptors (Lipinski definition) is 4. The predicted molar refractivity (Wildman–Crippen MR) is 88.6 cm³/mol. The van der Waals surface area contributed by atoms with Crippen LogP contribution in [0.1, 0.15) is 44.1 Å². The third-order valence-corrected chi connectivity index (χ3v) is 4.40. The van der Waals surface area contributed by atoms with Gasteiger partial charge in [-0.05, 0) is 31.7 Å². The van der Waals surface area contributed by atoms with Crippen LogP contribution in [0.2, 0.25) is 0 Å². The lowest BCUT2D eigenvalue weighted by molar-refractivity contribution is -0.133. The Morgan fingerprint density at radius 2 is 2.09 bits per heavy atom. The van der Waals surface area contributed by atoms with Crippen molar-refractivity contribution in [2.24, 2.45) is 0 Å². The molecule has 0 aliphatic heterocycles. The van der Waals surface area contributed by atoms with E-state index in [1.807, 2.05) is 11.9 Å². The second kappa shape index (κ2) is 7.85. The van der Waals surface area contributed by atoms with Gasteiger partial charge in [-0.25, -0.2) is 0 Å². The number of phenols is 1. The lowest BCUT2D eigenvalue weighted by Gasteiger charge is -2.34. The molecular formula is C17H25N3O3. The lowest BCUT2D eigenvalue weighted by Crippen LogP contribution is -2.41. The van der Waals surface area contributed by atoms with E-state index in [4.69, 9.17) is 5.73 Å². The maximum atomic E-state index is 12.0. The Hall–Kier alpha value is -2.24. The summed E-state index contributed by atoms with van der Waals surface area (Å²) in [7, 11) is 1.84. The largest absolute Gasteiger partial charge is 0.508 e. The minimum Gasteiger partial charge on any atom is -0.508 e. The first-order valence-electron chi connectivity index (χ1n) is 8.07. The van der Waals surface area contributed by atoms with Crippen LogP contribution in [0.25, 0.3) is 0 Å². The number of nitrogen functional groups attached to an aromatic ring is 1.